The van der Waals surface area contributed by atoms with Gasteiger partial charge in [-0.3, -0.25) is 4.79 Å². The quantitative estimate of drug-likeness (QED) is 0.628. The van der Waals surface area contributed by atoms with E-state index in [0.717, 1.165) is 5.56 Å². The lowest BCUT2D eigenvalue weighted by atomic mass is 10.1. The Morgan fingerprint density at radius 2 is 2.23 bits per heavy atom. The van der Waals surface area contributed by atoms with E-state index in [1.165, 1.54) is 6.07 Å². The molecule has 0 amide bonds. The summed E-state index contributed by atoms with van der Waals surface area (Å²) >= 11 is 0. The van der Waals surface area contributed by atoms with E-state index in [1.54, 1.807) is 12.1 Å². The third kappa shape index (κ3) is 1.13. The lowest BCUT2D eigenvalue weighted by Gasteiger charge is -1.93. The van der Waals surface area contributed by atoms with Gasteiger partial charge in [0, 0.05) is 5.39 Å². The highest BCUT2D eigenvalue weighted by Gasteiger charge is 2.09. The van der Waals surface area contributed by atoms with Crippen molar-refractivity contribution >= 4 is 17.3 Å². The number of halogens is 1. The van der Waals surface area contributed by atoms with Gasteiger partial charge in [0.05, 0.1) is 0 Å². The second kappa shape index (κ2) is 2.69. The van der Waals surface area contributed by atoms with Crippen LogP contribution < -0.4 is 0 Å². The largest absolute Gasteiger partial charge is 0.450 e. The molecule has 0 radical (unpaired) electrons. The van der Waals surface area contributed by atoms with Crippen LogP contribution in [0.2, 0.25) is 0 Å². The Bertz CT molecular complexity index is 432. The van der Waals surface area contributed by atoms with Crippen molar-refractivity contribution in [3.8, 4) is 0 Å². The molecule has 2 nitrogen and oxygen atoms in total. The smallest absolute Gasteiger partial charge is 0.185 e. The highest BCUT2D eigenvalue weighted by atomic mass is 19.1. The molecule has 0 aliphatic heterocycles. The summed E-state index contributed by atoms with van der Waals surface area (Å²) in [5.74, 6) is -0.281. The van der Waals surface area contributed by atoms with Crippen LogP contribution in [0.4, 0.5) is 4.39 Å². The first-order valence-corrected chi connectivity index (χ1v) is 3.86. The average molecular weight is 178 g/mol. The van der Waals surface area contributed by atoms with Crippen LogP contribution in [0.3, 0.4) is 0 Å². The van der Waals surface area contributed by atoms with Gasteiger partial charge in [0.25, 0.3) is 0 Å². The van der Waals surface area contributed by atoms with Gasteiger partial charge in [0.15, 0.2) is 23.4 Å². The Kier molecular flexibility index (Phi) is 1.65. The number of rotatable bonds is 1. The summed E-state index contributed by atoms with van der Waals surface area (Å²) in [6.07, 6.45) is 0.568. The number of aldehydes is 1. The topological polar surface area (TPSA) is 30.2 Å². The predicted molar refractivity (Wildman–Crippen MR) is 46.3 cm³/mol. The van der Waals surface area contributed by atoms with Crippen molar-refractivity contribution in [2.75, 3.05) is 0 Å². The van der Waals surface area contributed by atoms with Crippen molar-refractivity contribution in [3.05, 3.63) is 35.3 Å². The van der Waals surface area contributed by atoms with Crippen molar-refractivity contribution in [1.82, 2.24) is 0 Å². The van der Waals surface area contributed by atoms with Crippen molar-refractivity contribution in [2.24, 2.45) is 0 Å². The molecule has 0 saturated carbocycles. The normalized spacial score (nSPS) is 10.6. The van der Waals surface area contributed by atoms with Gasteiger partial charge in [-0.05, 0) is 24.6 Å². The maximum absolute atomic E-state index is 13.1. The molecule has 1 aromatic carbocycles. The molecule has 0 spiro atoms. The summed E-state index contributed by atoms with van der Waals surface area (Å²) in [5, 5.41) is 0.655. The Balaban J connectivity index is 2.87. The van der Waals surface area contributed by atoms with Gasteiger partial charge >= 0.3 is 0 Å². The number of carbonyl (C=O) groups excluding carboxylic acids is 1. The lowest BCUT2D eigenvalue weighted by molar-refractivity contribution is 0.110. The summed E-state index contributed by atoms with van der Waals surface area (Å²) in [5.41, 5.74) is 1.05. The van der Waals surface area contributed by atoms with Gasteiger partial charge in [0.2, 0.25) is 0 Å². The van der Waals surface area contributed by atoms with Gasteiger partial charge in [-0.1, -0.05) is 6.07 Å². The van der Waals surface area contributed by atoms with Crippen LogP contribution in [0.1, 0.15) is 16.1 Å². The Hall–Kier alpha value is -1.64. The van der Waals surface area contributed by atoms with E-state index in [4.69, 9.17) is 4.42 Å². The molecule has 0 fully saturated rings. The summed E-state index contributed by atoms with van der Waals surface area (Å²) in [4.78, 5) is 10.4. The fraction of sp³-hybridized carbons (Fsp3) is 0.100. The molecule has 0 unspecified atom stereocenters. The van der Waals surface area contributed by atoms with Crippen LogP contribution in [-0.4, -0.2) is 6.29 Å². The fourth-order valence-corrected chi connectivity index (χ4v) is 1.30. The number of hydrogen-bond donors (Lipinski definition) is 0. The number of hydrogen-bond acceptors (Lipinski definition) is 2. The highest BCUT2D eigenvalue weighted by Crippen LogP contribution is 2.24. The molecule has 0 aliphatic rings. The van der Waals surface area contributed by atoms with Crippen LogP contribution in [0.5, 0.6) is 0 Å². The third-order valence-electron chi connectivity index (χ3n) is 1.99. The van der Waals surface area contributed by atoms with Gasteiger partial charge in [-0.2, -0.15) is 0 Å². The zero-order valence-electron chi connectivity index (χ0n) is 7.00. The van der Waals surface area contributed by atoms with Crippen molar-refractivity contribution in [2.45, 2.75) is 6.92 Å². The van der Waals surface area contributed by atoms with Gasteiger partial charge in [-0.25, -0.2) is 4.39 Å². The highest BCUT2D eigenvalue weighted by molar-refractivity contribution is 5.87. The van der Waals surface area contributed by atoms with E-state index in [2.05, 4.69) is 0 Å². The zero-order chi connectivity index (χ0) is 9.42. The molecule has 66 valence electrons. The van der Waals surface area contributed by atoms with Crippen LogP contribution in [0.25, 0.3) is 11.0 Å². The molecule has 1 aromatic heterocycles. The van der Waals surface area contributed by atoms with E-state index in [1.807, 2.05) is 6.92 Å². The summed E-state index contributed by atoms with van der Waals surface area (Å²) in [6, 6.07) is 4.53. The molecule has 2 aromatic rings. The SMILES string of the molecule is Cc1ccc(F)c2oc(C=O)cc12. The van der Waals surface area contributed by atoms with Crippen molar-refractivity contribution < 1.29 is 13.6 Å². The van der Waals surface area contributed by atoms with Crippen molar-refractivity contribution in [3.63, 3.8) is 0 Å². The molecule has 0 N–H and O–H groups in total. The second-order valence-electron chi connectivity index (χ2n) is 2.87. The maximum atomic E-state index is 13.1. The number of aryl methyl sites for hydroxylation is 1. The maximum Gasteiger partial charge on any atom is 0.185 e. The summed E-state index contributed by atoms with van der Waals surface area (Å²) < 4.78 is 18.1. The Morgan fingerprint density at radius 3 is 2.85 bits per heavy atom. The Morgan fingerprint density at radius 1 is 1.46 bits per heavy atom. The minimum absolute atomic E-state index is 0.155. The van der Waals surface area contributed by atoms with Crippen LogP contribution in [-0.2, 0) is 0 Å². The number of furan rings is 1. The molecule has 3 heteroatoms. The monoisotopic (exact) mass is 178 g/mol. The molecule has 0 bridgehead atoms. The molecule has 0 atom stereocenters. The van der Waals surface area contributed by atoms with Gasteiger partial charge in [-0.15, -0.1) is 0 Å². The predicted octanol–water partition coefficient (Wildman–Crippen LogP) is 2.69. The van der Waals surface area contributed by atoms with Gasteiger partial charge in [0.1, 0.15) is 0 Å². The Labute approximate surface area is 74.0 Å². The fourth-order valence-electron chi connectivity index (χ4n) is 1.30. The molecular weight excluding hydrogens is 171 g/mol. The molecule has 1 heterocycles. The summed E-state index contributed by atoms with van der Waals surface area (Å²) in [6.45, 7) is 1.84. The molecule has 2 rings (SSSR count). The number of fused-ring (bicyclic) bond motifs is 1. The van der Waals surface area contributed by atoms with Gasteiger partial charge < -0.3 is 4.42 Å². The standard InChI is InChI=1S/C10H7FO2/c1-6-2-3-9(11)10-8(6)4-7(5-12)13-10/h2-5H,1H3. The number of benzene rings is 1. The average Bonchev–Trinajstić information content (AvgIpc) is 2.56. The lowest BCUT2D eigenvalue weighted by Crippen LogP contribution is -1.77. The van der Waals surface area contributed by atoms with Crippen LogP contribution in [0.15, 0.2) is 22.6 Å². The first-order chi connectivity index (χ1) is 6.22. The van der Waals surface area contributed by atoms with E-state index in [9.17, 15) is 9.18 Å². The molecule has 0 aliphatic carbocycles. The second-order valence-corrected chi connectivity index (χ2v) is 2.87. The van der Waals surface area contributed by atoms with E-state index in [-0.39, 0.29) is 11.3 Å². The minimum Gasteiger partial charge on any atom is -0.450 e. The van der Waals surface area contributed by atoms with Crippen LogP contribution >= 0.6 is 0 Å². The van der Waals surface area contributed by atoms with E-state index >= 15 is 0 Å². The minimum atomic E-state index is -0.436. The van der Waals surface area contributed by atoms with E-state index in [0.29, 0.717) is 11.7 Å². The number of carbonyl (C=O) groups is 1. The molecule has 13 heavy (non-hydrogen) atoms. The first kappa shape index (κ1) is 7.98. The molecule has 0 saturated heterocycles. The van der Waals surface area contributed by atoms with Crippen LogP contribution in [0, 0.1) is 12.7 Å². The molecular formula is C10H7FO2. The zero-order valence-corrected chi connectivity index (χ0v) is 7.00. The summed E-state index contributed by atoms with van der Waals surface area (Å²) in [7, 11) is 0. The van der Waals surface area contributed by atoms with Crippen molar-refractivity contribution in [1.29, 1.82) is 0 Å². The first-order valence-electron chi connectivity index (χ1n) is 3.86. The third-order valence-corrected chi connectivity index (χ3v) is 1.99. The van der Waals surface area contributed by atoms with E-state index < -0.39 is 5.82 Å².